The van der Waals surface area contributed by atoms with Crippen LogP contribution >= 0.6 is 0 Å². The molecule has 0 aliphatic heterocycles. The average molecular weight is 328 g/mol. The Morgan fingerprint density at radius 1 is 0.667 bits per heavy atom. The number of carboxylic acids is 1. The van der Waals surface area contributed by atoms with E-state index < -0.39 is 5.97 Å². The van der Waals surface area contributed by atoms with Gasteiger partial charge in [0.1, 0.15) is 0 Å². The van der Waals surface area contributed by atoms with Crippen LogP contribution in [0.2, 0.25) is 0 Å². The summed E-state index contributed by atoms with van der Waals surface area (Å²) in [6, 6.07) is 0. The van der Waals surface area contributed by atoms with Gasteiger partial charge in [-0.15, -0.1) is 0 Å². The zero-order valence-corrected chi connectivity index (χ0v) is 14.9. The van der Waals surface area contributed by atoms with E-state index in [0.717, 1.165) is 6.42 Å². The summed E-state index contributed by atoms with van der Waals surface area (Å²) in [4.78, 5) is 10.3. The summed E-state index contributed by atoms with van der Waals surface area (Å²) in [6.07, 6.45) is 32.4. The third-order valence-corrected chi connectivity index (χ3v) is 3.21. The Labute approximate surface area is 147 Å². The molecule has 0 heterocycles. The molecule has 0 amide bonds. The van der Waals surface area contributed by atoms with Gasteiger partial charge in [0.25, 0.3) is 0 Å². The predicted octanol–water partition coefficient (Wildman–Crippen LogP) is 6.55. The first-order valence-electron chi connectivity index (χ1n) is 8.95. The van der Waals surface area contributed by atoms with Crippen LogP contribution in [-0.2, 0) is 4.79 Å². The monoisotopic (exact) mass is 328 g/mol. The minimum absolute atomic E-state index is 0.185. The van der Waals surface area contributed by atoms with Crippen LogP contribution in [-0.4, -0.2) is 11.1 Å². The highest BCUT2D eigenvalue weighted by Gasteiger charge is 1.90. The summed E-state index contributed by atoms with van der Waals surface area (Å²) >= 11 is 0. The molecule has 0 aromatic heterocycles. The summed E-state index contributed by atoms with van der Waals surface area (Å²) in [6.45, 7) is 2.22. The van der Waals surface area contributed by atoms with Gasteiger partial charge in [0, 0.05) is 6.42 Å². The maximum Gasteiger partial charge on any atom is 0.303 e. The van der Waals surface area contributed by atoms with Crippen LogP contribution in [0.4, 0.5) is 0 Å². The van der Waals surface area contributed by atoms with Crippen molar-refractivity contribution in [2.24, 2.45) is 0 Å². The van der Waals surface area contributed by atoms with Crippen LogP contribution in [0.25, 0.3) is 0 Å². The molecule has 2 nitrogen and oxygen atoms in total. The molecule has 2 heteroatoms. The van der Waals surface area contributed by atoms with Crippen LogP contribution in [0.1, 0.15) is 58.3 Å². The van der Waals surface area contributed by atoms with E-state index in [9.17, 15) is 4.79 Å². The Morgan fingerprint density at radius 3 is 1.67 bits per heavy atom. The number of allylic oxidation sites excluding steroid dienone is 12. The number of carbonyl (C=O) groups is 1. The highest BCUT2D eigenvalue weighted by Crippen LogP contribution is 2.01. The van der Waals surface area contributed by atoms with Crippen molar-refractivity contribution in [1.82, 2.24) is 0 Å². The Hall–Kier alpha value is -2.09. The van der Waals surface area contributed by atoms with Gasteiger partial charge < -0.3 is 5.11 Å². The van der Waals surface area contributed by atoms with E-state index in [1.54, 1.807) is 0 Å². The van der Waals surface area contributed by atoms with Crippen molar-refractivity contribution in [2.75, 3.05) is 0 Å². The minimum atomic E-state index is -0.759. The molecule has 0 atom stereocenters. The number of hydrogen-bond donors (Lipinski definition) is 1. The van der Waals surface area contributed by atoms with Crippen molar-refractivity contribution in [2.45, 2.75) is 58.3 Å². The summed E-state index contributed by atoms with van der Waals surface area (Å²) in [5.41, 5.74) is 0. The molecule has 0 unspecified atom stereocenters. The van der Waals surface area contributed by atoms with Crippen molar-refractivity contribution in [3.05, 3.63) is 72.9 Å². The first-order valence-corrected chi connectivity index (χ1v) is 8.95. The molecule has 0 saturated carbocycles. The van der Waals surface area contributed by atoms with Crippen molar-refractivity contribution in [3.8, 4) is 0 Å². The molecular weight excluding hydrogens is 296 g/mol. The van der Waals surface area contributed by atoms with E-state index in [1.807, 2.05) is 48.6 Å². The molecule has 0 rings (SSSR count). The lowest BCUT2D eigenvalue weighted by Crippen LogP contribution is -1.91. The summed E-state index contributed by atoms with van der Waals surface area (Å²) in [5.74, 6) is -0.759. The molecule has 0 aliphatic carbocycles. The molecular formula is C22H32O2. The first-order chi connectivity index (χ1) is 11.8. The molecule has 1 N–H and O–H groups in total. The van der Waals surface area contributed by atoms with Crippen LogP contribution in [0, 0.1) is 0 Å². The first kappa shape index (κ1) is 21.9. The van der Waals surface area contributed by atoms with Crippen molar-refractivity contribution in [1.29, 1.82) is 0 Å². The van der Waals surface area contributed by atoms with Crippen LogP contribution in [0.3, 0.4) is 0 Å². The van der Waals surface area contributed by atoms with Gasteiger partial charge in [0.15, 0.2) is 0 Å². The largest absolute Gasteiger partial charge is 0.481 e. The SMILES string of the molecule is CCCC/C=C/CCC/C=C/C=C/C=C/C=C/C=C/CCC(=O)O. The van der Waals surface area contributed by atoms with E-state index >= 15 is 0 Å². The number of carboxylic acid groups (broad SMARTS) is 1. The number of aliphatic carboxylic acids is 1. The molecule has 0 bridgehead atoms. The lowest BCUT2D eigenvalue weighted by atomic mass is 10.2. The fourth-order valence-electron chi connectivity index (χ4n) is 1.85. The zero-order valence-electron chi connectivity index (χ0n) is 14.9. The predicted molar refractivity (Wildman–Crippen MR) is 105 cm³/mol. The van der Waals surface area contributed by atoms with Crippen LogP contribution in [0.5, 0.6) is 0 Å². The highest BCUT2D eigenvalue weighted by molar-refractivity contribution is 5.66. The topological polar surface area (TPSA) is 37.3 Å². The number of unbranched alkanes of at least 4 members (excludes halogenated alkanes) is 4. The molecule has 0 aromatic rings. The molecule has 24 heavy (non-hydrogen) atoms. The molecule has 0 aromatic carbocycles. The highest BCUT2D eigenvalue weighted by atomic mass is 16.4. The summed E-state index contributed by atoms with van der Waals surface area (Å²) < 4.78 is 0. The van der Waals surface area contributed by atoms with Gasteiger partial charge in [-0.05, 0) is 32.1 Å². The van der Waals surface area contributed by atoms with Crippen LogP contribution in [0.15, 0.2) is 72.9 Å². The second-order valence-corrected chi connectivity index (χ2v) is 5.49. The lowest BCUT2D eigenvalue weighted by Gasteiger charge is -1.90. The van der Waals surface area contributed by atoms with E-state index in [1.165, 1.54) is 32.1 Å². The molecule has 0 saturated heterocycles. The lowest BCUT2D eigenvalue weighted by molar-refractivity contribution is -0.136. The quantitative estimate of drug-likeness (QED) is 0.223. The summed E-state index contributed by atoms with van der Waals surface area (Å²) in [5, 5.41) is 8.48. The Bertz CT molecular complexity index is 462. The van der Waals surface area contributed by atoms with Crippen molar-refractivity contribution < 1.29 is 9.90 Å². The van der Waals surface area contributed by atoms with Gasteiger partial charge in [-0.3, -0.25) is 4.79 Å². The van der Waals surface area contributed by atoms with Gasteiger partial charge in [0.05, 0.1) is 0 Å². The summed E-state index contributed by atoms with van der Waals surface area (Å²) in [7, 11) is 0. The second-order valence-electron chi connectivity index (χ2n) is 5.49. The van der Waals surface area contributed by atoms with Gasteiger partial charge in [-0.2, -0.15) is 0 Å². The van der Waals surface area contributed by atoms with E-state index in [-0.39, 0.29) is 6.42 Å². The third-order valence-electron chi connectivity index (χ3n) is 3.21. The molecule has 0 aliphatic rings. The Kier molecular flexibility index (Phi) is 17.3. The van der Waals surface area contributed by atoms with E-state index in [4.69, 9.17) is 5.11 Å². The van der Waals surface area contributed by atoms with Gasteiger partial charge in [-0.1, -0.05) is 92.7 Å². The van der Waals surface area contributed by atoms with Crippen molar-refractivity contribution >= 4 is 5.97 Å². The van der Waals surface area contributed by atoms with E-state index in [2.05, 4.69) is 31.2 Å². The molecule has 132 valence electrons. The second kappa shape index (κ2) is 19.0. The Morgan fingerprint density at radius 2 is 1.12 bits per heavy atom. The zero-order chi connectivity index (χ0) is 17.7. The van der Waals surface area contributed by atoms with Gasteiger partial charge in [-0.25, -0.2) is 0 Å². The molecule has 0 radical (unpaired) electrons. The maximum atomic E-state index is 10.3. The van der Waals surface area contributed by atoms with Gasteiger partial charge >= 0.3 is 5.97 Å². The normalized spacial score (nSPS) is 13.0. The maximum absolute atomic E-state index is 10.3. The van der Waals surface area contributed by atoms with Crippen molar-refractivity contribution in [3.63, 3.8) is 0 Å². The fraction of sp³-hybridized carbons (Fsp3) is 0.409. The minimum Gasteiger partial charge on any atom is -0.481 e. The molecule has 0 spiro atoms. The smallest absolute Gasteiger partial charge is 0.303 e. The third kappa shape index (κ3) is 19.9. The fourth-order valence-corrected chi connectivity index (χ4v) is 1.85. The average Bonchev–Trinajstić information content (AvgIpc) is 2.56. The van der Waals surface area contributed by atoms with Gasteiger partial charge in [0.2, 0.25) is 0 Å². The standard InChI is InChI=1S/C22H32O2/c1-2-3-4-5-6-7-8-9-10-11-12-13-14-15-16-17-18-19-20-21-22(23)24/h5-6,10-19H,2-4,7-9,20-21H2,1H3,(H,23,24)/b6-5+,11-10+,13-12+,15-14+,17-16+,19-18+. The Balaban J connectivity index is 3.59. The number of rotatable bonds is 14. The van der Waals surface area contributed by atoms with Crippen LogP contribution < -0.4 is 0 Å². The molecule has 0 fully saturated rings. The van der Waals surface area contributed by atoms with E-state index in [0.29, 0.717) is 6.42 Å². The number of hydrogen-bond acceptors (Lipinski definition) is 1.